The number of aromatic nitrogens is 2. The third-order valence-corrected chi connectivity index (χ3v) is 4.03. The second-order valence-electron chi connectivity index (χ2n) is 4.45. The highest BCUT2D eigenvalue weighted by molar-refractivity contribution is 9.10. The highest BCUT2D eigenvalue weighted by Crippen LogP contribution is 2.35. The summed E-state index contributed by atoms with van der Waals surface area (Å²) in [6, 6.07) is 11.0. The highest BCUT2D eigenvalue weighted by atomic mass is 79.9. The number of rotatable bonds is 2. The van der Waals surface area contributed by atoms with Crippen LogP contribution in [0.4, 0.5) is 0 Å². The Morgan fingerprint density at radius 1 is 1.30 bits per heavy atom. The normalized spacial score (nSPS) is 11.2. The summed E-state index contributed by atoms with van der Waals surface area (Å²) < 4.78 is 2.84. The largest absolute Gasteiger partial charge is 0.507 e. The number of benzene rings is 2. The summed E-state index contributed by atoms with van der Waals surface area (Å²) in [4.78, 5) is 4.61. The molecule has 20 heavy (non-hydrogen) atoms. The van der Waals surface area contributed by atoms with E-state index in [2.05, 4.69) is 20.9 Å². The lowest BCUT2D eigenvalue weighted by molar-refractivity contribution is 0.476. The van der Waals surface area contributed by atoms with Gasteiger partial charge in [-0.3, -0.25) is 0 Å². The monoisotopic (exact) mass is 350 g/mol. The van der Waals surface area contributed by atoms with Crippen molar-refractivity contribution in [2.75, 3.05) is 0 Å². The molecule has 0 aliphatic heterocycles. The first-order chi connectivity index (χ1) is 9.61. The predicted molar refractivity (Wildman–Crippen MR) is 85.2 cm³/mol. The Kier molecular flexibility index (Phi) is 3.44. The van der Waals surface area contributed by atoms with Gasteiger partial charge in [-0.05, 0) is 37.3 Å². The van der Waals surface area contributed by atoms with Crippen LogP contribution in [0.2, 0.25) is 5.02 Å². The van der Waals surface area contributed by atoms with E-state index >= 15 is 0 Å². The molecule has 2 aromatic carbocycles. The van der Waals surface area contributed by atoms with Crippen molar-refractivity contribution >= 4 is 38.6 Å². The summed E-state index contributed by atoms with van der Waals surface area (Å²) >= 11 is 9.62. The number of phenolic OH excluding ortho intramolecular Hbond substituents is 1. The molecule has 1 heterocycles. The number of hydrogen-bond donors (Lipinski definition) is 1. The second kappa shape index (κ2) is 5.11. The fourth-order valence-electron chi connectivity index (χ4n) is 2.35. The van der Waals surface area contributed by atoms with Crippen LogP contribution in [0.5, 0.6) is 5.75 Å². The van der Waals surface area contributed by atoms with E-state index in [1.807, 2.05) is 41.8 Å². The van der Waals surface area contributed by atoms with Crippen molar-refractivity contribution in [1.29, 1.82) is 0 Å². The van der Waals surface area contributed by atoms with Gasteiger partial charge in [0.15, 0.2) is 0 Å². The van der Waals surface area contributed by atoms with Crippen molar-refractivity contribution in [3.63, 3.8) is 0 Å². The second-order valence-corrected chi connectivity index (χ2v) is 5.77. The minimum absolute atomic E-state index is 0.195. The van der Waals surface area contributed by atoms with Crippen LogP contribution in [0.1, 0.15) is 6.92 Å². The molecule has 0 saturated carbocycles. The summed E-state index contributed by atoms with van der Waals surface area (Å²) in [6.45, 7) is 2.76. The van der Waals surface area contributed by atoms with Gasteiger partial charge in [-0.15, -0.1) is 0 Å². The van der Waals surface area contributed by atoms with E-state index in [9.17, 15) is 5.11 Å². The standard InChI is InChI=1S/C15H12BrClN2O/c1-2-19-14-11(17)4-3-5-12(14)18-15(19)10-7-6-9(16)8-13(10)20/h3-8,20H,2H2,1H3. The van der Waals surface area contributed by atoms with Crippen LogP contribution < -0.4 is 0 Å². The number of phenols is 1. The van der Waals surface area contributed by atoms with Gasteiger partial charge in [0.25, 0.3) is 0 Å². The van der Waals surface area contributed by atoms with Gasteiger partial charge in [-0.1, -0.05) is 33.6 Å². The lowest BCUT2D eigenvalue weighted by Gasteiger charge is -2.08. The predicted octanol–water partition coefficient (Wildman–Crippen LogP) is 4.84. The molecule has 1 aromatic heterocycles. The Hall–Kier alpha value is -1.52. The Bertz CT molecular complexity index is 798. The topological polar surface area (TPSA) is 38.0 Å². The number of hydrogen-bond acceptors (Lipinski definition) is 2. The Morgan fingerprint density at radius 3 is 2.80 bits per heavy atom. The molecule has 3 nitrogen and oxygen atoms in total. The molecule has 1 N–H and O–H groups in total. The van der Waals surface area contributed by atoms with Gasteiger partial charge in [0, 0.05) is 11.0 Å². The maximum atomic E-state index is 10.1. The third-order valence-electron chi connectivity index (χ3n) is 3.23. The summed E-state index contributed by atoms with van der Waals surface area (Å²) in [7, 11) is 0. The summed E-state index contributed by atoms with van der Waals surface area (Å²) in [5.41, 5.74) is 2.42. The fourth-order valence-corrected chi connectivity index (χ4v) is 2.97. The quantitative estimate of drug-likeness (QED) is 0.717. The Morgan fingerprint density at radius 2 is 2.10 bits per heavy atom. The van der Waals surface area contributed by atoms with E-state index in [1.165, 1.54) is 0 Å². The average molecular weight is 352 g/mol. The van der Waals surface area contributed by atoms with Crippen LogP contribution in [0.15, 0.2) is 40.9 Å². The van der Waals surface area contributed by atoms with Crippen molar-refractivity contribution in [2.24, 2.45) is 0 Å². The minimum Gasteiger partial charge on any atom is -0.507 e. The Labute approximate surface area is 130 Å². The van der Waals surface area contributed by atoms with Gasteiger partial charge in [0.2, 0.25) is 0 Å². The molecule has 0 spiro atoms. The van der Waals surface area contributed by atoms with E-state index in [0.717, 1.165) is 27.9 Å². The number of aryl methyl sites for hydroxylation is 1. The first-order valence-corrected chi connectivity index (χ1v) is 7.42. The van der Waals surface area contributed by atoms with Crippen LogP contribution >= 0.6 is 27.5 Å². The molecule has 3 rings (SSSR count). The van der Waals surface area contributed by atoms with E-state index < -0.39 is 0 Å². The fraction of sp³-hybridized carbons (Fsp3) is 0.133. The SMILES string of the molecule is CCn1c(-c2ccc(Br)cc2O)nc2cccc(Cl)c21. The molecule has 0 aliphatic carbocycles. The highest BCUT2D eigenvalue weighted by Gasteiger charge is 2.16. The van der Waals surface area contributed by atoms with Gasteiger partial charge in [0.05, 0.1) is 21.6 Å². The molecule has 0 saturated heterocycles. The van der Waals surface area contributed by atoms with Crippen molar-refractivity contribution in [3.05, 3.63) is 45.9 Å². The molecule has 0 amide bonds. The minimum atomic E-state index is 0.195. The van der Waals surface area contributed by atoms with Crippen molar-refractivity contribution in [2.45, 2.75) is 13.5 Å². The maximum absolute atomic E-state index is 10.1. The number of nitrogens with zero attached hydrogens (tertiary/aromatic N) is 2. The van der Waals surface area contributed by atoms with E-state index in [0.29, 0.717) is 10.6 Å². The molecule has 5 heteroatoms. The molecule has 0 unspecified atom stereocenters. The van der Waals surface area contributed by atoms with Crippen LogP contribution in [0.25, 0.3) is 22.4 Å². The number of fused-ring (bicyclic) bond motifs is 1. The molecular weight excluding hydrogens is 340 g/mol. The number of halogens is 2. The molecular formula is C15H12BrClN2O. The first kappa shape index (κ1) is 13.5. The molecule has 0 bridgehead atoms. The lowest BCUT2D eigenvalue weighted by atomic mass is 10.2. The van der Waals surface area contributed by atoms with Crippen molar-refractivity contribution in [1.82, 2.24) is 9.55 Å². The van der Waals surface area contributed by atoms with Crippen molar-refractivity contribution in [3.8, 4) is 17.1 Å². The summed E-state index contributed by atoms with van der Waals surface area (Å²) in [6.07, 6.45) is 0. The molecule has 0 atom stereocenters. The van der Waals surface area contributed by atoms with E-state index in [1.54, 1.807) is 6.07 Å². The summed E-state index contributed by atoms with van der Waals surface area (Å²) in [5.74, 6) is 0.918. The van der Waals surface area contributed by atoms with Crippen LogP contribution in [-0.2, 0) is 6.54 Å². The zero-order valence-corrected chi connectivity index (χ0v) is 13.1. The van der Waals surface area contributed by atoms with Gasteiger partial charge in [-0.2, -0.15) is 0 Å². The van der Waals surface area contributed by atoms with Gasteiger partial charge >= 0.3 is 0 Å². The molecule has 0 fully saturated rings. The molecule has 0 radical (unpaired) electrons. The van der Waals surface area contributed by atoms with Crippen LogP contribution in [-0.4, -0.2) is 14.7 Å². The Balaban J connectivity index is 2.33. The van der Waals surface area contributed by atoms with Gasteiger partial charge in [-0.25, -0.2) is 4.98 Å². The molecule has 102 valence electrons. The number of imidazole rings is 1. The first-order valence-electron chi connectivity index (χ1n) is 6.25. The maximum Gasteiger partial charge on any atom is 0.144 e. The molecule has 0 aliphatic rings. The smallest absolute Gasteiger partial charge is 0.144 e. The number of aromatic hydroxyl groups is 1. The molecule has 3 aromatic rings. The zero-order valence-electron chi connectivity index (χ0n) is 10.8. The number of para-hydroxylation sites is 1. The van der Waals surface area contributed by atoms with Crippen LogP contribution in [0.3, 0.4) is 0 Å². The van der Waals surface area contributed by atoms with E-state index in [-0.39, 0.29) is 5.75 Å². The van der Waals surface area contributed by atoms with Gasteiger partial charge < -0.3 is 9.67 Å². The van der Waals surface area contributed by atoms with Crippen LogP contribution in [0, 0.1) is 0 Å². The van der Waals surface area contributed by atoms with Crippen molar-refractivity contribution < 1.29 is 5.11 Å². The van der Waals surface area contributed by atoms with E-state index in [4.69, 9.17) is 11.6 Å². The van der Waals surface area contributed by atoms with Gasteiger partial charge in [0.1, 0.15) is 11.6 Å². The third kappa shape index (κ3) is 2.09. The zero-order chi connectivity index (χ0) is 14.3. The summed E-state index contributed by atoms with van der Waals surface area (Å²) in [5, 5.41) is 10.8. The average Bonchev–Trinajstić information content (AvgIpc) is 2.78. The lowest BCUT2D eigenvalue weighted by Crippen LogP contribution is -1.98.